The minimum atomic E-state index is -1.44. The Kier molecular flexibility index (Phi) is 48.5. The number of amides is 14. The number of nitrogens with zero attached hydrogens (tertiary/aromatic N) is 4. The van der Waals surface area contributed by atoms with E-state index in [0.29, 0.717) is 81.7 Å². The third-order valence-corrected chi connectivity index (χ3v) is 17.9. The fraction of sp³-hybridized carbons (Fsp3) is 0.591. The largest absolute Gasteiger partial charge is 0.354 e. The van der Waals surface area contributed by atoms with Crippen LogP contribution in [0.3, 0.4) is 0 Å². The second-order valence-electron chi connectivity index (χ2n) is 26.1. The van der Waals surface area contributed by atoms with E-state index in [1.165, 1.54) is 37.6 Å². The van der Waals surface area contributed by atoms with Gasteiger partial charge in [-0.15, -0.1) is 0 Å². The summed E-state index contributed by atoms with van der Waals surface area (Å²) in [6.07, 6.45) is 8.17. The van der Waals surface area contributed by atoms with Gasteiger partial charge in [0, 0.05) is 111 Å². The summed E-state index contributed by atoms with van der Waals surface area (Å²) in [7, 11) is 0. The zero-order chi connectivity index (χ0) is 85.2. The number of thiol groups is 3. The Morgan fingerprint density at radius 1 is 0.383 bits per heavy atom. The molecule has 14 amide bonds. The molecule has 638 valence electrons. The summed E-state index contributed by atoms with van der Waals surface area (Å²) in [5, 5.41) is 21.3. The average Bonchev–Trinajstić information content (AvgIpc) is 1.73. The highest BCUT2D eigenvalue weighted by Gasteiger charge is 2.32. The van der Waals surface area contributed by atoms with Gasteiger partial charge in [0.2, 0.25) is 47.1 Å². The smallest absolute Gasteiger partial charge is 0.329 e. The molecular weight excluding hydrogens is 1570 g/mol. The molecule has 0 aliphatic carbocycles. The van der Waals surface area contributed by atoms with Crippen molar-refractivity contribution in [3.05, 3.63) is 54.7 Å². The molecule has 49 heteroatoms. The van der Waals surface area contributed by atoms with E-state index < -0.39 is 199 Å². The molecule has 30 N–H and O–H groups in total. The van der Waals surface area contributed by atoms with Crippen molar-refractivity contribution >= 4 is 144 Å². The van der Waals surface area contributed by atoms with E-state index in [-0.39, 0.29) is 88.6 Å². The average molecular weight is 1680 g/mol. The summed E-state index contributed by atoms with van der Waals surface area (Å²) in [6.45, 7) is -0.323. The highest BCUT2D eigenvalue weighted by atomic mass is 32.1. The van der Waals surface area contributed by atoms with E-state index in [2.05, 4.69) is 138 Å². The Labute approximate surface area is 677 Å². The molecule has 0 bridgehead atoms. The lowest BCUT2D eigenvalue weighted by atomic mass is 10.0. The lowest BCUT2D eigenvalue weighted by Gasteiger charge is -2.24. The first-order valence-corrected chi connectivity index (χ1v) is 38.6. The van der Waals surface area contributed by atoms with Crippen LogP contribution in [-0.4, -0.2) is 278 Å². The van der Waals surface area contributed by atoms with Gasteiger partial charge >= 0.3 is 24.0 Å². The molecule has 0 saturated heterocycles. The van der Waals surface area contributed by atoms with Crippen LogP contribution in [0.2, 0.25) is 0 Å². The lowest BCUT2D eigenvalue weighted by Crippen LogP contribution is -2.57. The van der Waals surface area contributed by atoms with Gasteiger partial charge in [0.05, 0.1) is 93.9 Å². The van der Waals surface area contributed by atoms with Gasteiger partial charge in [-0.2, -0.15) is 37.9 Å². The van der Waals surface area contributed by atoms with Gasteiger partial charge in [0.25, 0.3) is 0 Å². The first kappa shape index (κ1) is 99.1. The number of hydrogen-bond acceptors (Lipinski definition) is 34. The van der Waals surface area contributed by atoms with Crippen LogP contribution < -0.4 is 115 Å². The molecule has 0 fully saturated rings. The van der Waals surface area contributed by atoms with E-state index in [1.54, 1.807) is 4.90 Å². The SMILES string of the molecule is NCCCC[C@H](N)C(=O)CC(=O)NN[C@@H](CS)C(=O)C(=O)NN[C@@H](Cc1cnc[nH]1)C(=O)CC(=O)NCCN(CCNC(=O)CC(=O)[C@H](Cc1cnc[nH]1)NNC(=O)N[C@@H](CS)C(=O)NC(=O)CC(=O)[C@@H](N)CCCCN)CCNC(=O)N[C@@H](Cc1cnc[nH]1)C(=O)CNC(=O)N[C@@H](CS)C(=O)NC(=O)CC(=O)[C@@H](N)CCCCN. The van der Waals surface area contributed by atoms with Crippen LogP contribution in [0.5, 0.6) is 0 Å². The third kappa shape index (κ3) is 41.2. The summed E-state index contributed by atoms with van der Waals surface area (Å²) in [5.74, 6) is -14.1. The fourth-order valence-corrected chi connectivity index (χ4v) is 11.1. The maximum Gasteiger partial charge on any atom is 0.329 e. The number of nitrogens with one attached hydrogen (secondary N) is 18. The third-order valence-electron chi connectivity index (χ3n) is 16.8. The number of aromatic amines is 3. The Morgan fingerprint density at radius 2 is 0.739 bits per heavy atom. The molecule has 115 heavy (non-hydrogen) atoms. The molecule has 9 atom stereocenters. The Balaban J connectivity index is 1.75. The van der Waals surface area contributed by atoms with Crippen molar-refractivity contribution < 1.29 is 86.3 Å². The van der Waals surface area contributed by atoms with Gasteiger partial charge in [0.15, 0.2) is 34.7 Å². The highest BCUT2D eigenvalue weighted by molar-refractivity contribution is 7.80. The molecular formula is C66H108N28O18S3. The number of aromatic nitrogens is 6. The van der Waals surface area contributed by atoms with Crippen molar-refractivity contribution in [3.8, 4) is 0 Å². The molecule has 3 aromatic heterocycles. The number of hydrazine groups is 3. The summed E-state index contributed by atoms with van der Waals surface area (Å²) in [5.41, 5.74) is 49.1. The topological polar surface area (TPSA) is 733 Å². The molecule has 0 radical (unpaired) electrons. The second kappa shape index (κ2) is 56.2. The minimum absolute atomic E-state index is 0.0554. The molecule has 0 spiro atoms. The quantitative estimate of drug-likeness (QED) is 0.00820. The standard InChI is InChI=1S/C66H108N28O18S3/c67-10-4-1-7-40(70)49(95)22-57(103)86-61(107)47(32-114)84-65(111)79-30-54(100)43(19-37-27-73-34-80-37)83-64(110)78-15-18-94(16-13-76-55(101)25-52(98)44(20-38-28-74-35-81-38)88-92-63(109)60(106)46(31-113)90-91-59(105)24-51(97)42(72)9-3-6-12-69)17-14-77-56(102)26-53(99)45(21-39-29-75-36-82-39)89-93-66(112)85-48(33-115)62(108)87-58(104)23-50(96)41(71)8-2-5-11-68/h27-29,34-36,40-48,88-90,113-115H,1-26,30-33,67-72H2,(H,73,80)(H,74,81)(H,75,82)(H,76,101)(H,77,102)(H,91,105)(H,92,109)(H2,78,83,110)(H2,79,84,111)(H2,85,93,112)(H,86,103,107)(H,87,104,108)/t40-,41-,42-,43-,44-,45-,46-,47-,48-/m0/s1. The van der Waals surface area contributed by atoms with E-state index in [9.17, 15) is 86.3 Å². The van der Waals surface area contributed by atoms with Crippen LogP contribution in [-0.2, 0) is 91.2 Å². The van der Waals surface area contributed by atoms with Crippen molar-refractivity contribution in [3.63, 3.8) is 0 Å². The van der Waals surface area contributed by atoms with E-state index >= 15 is 0 Å². The van der Waals surface area contributed by atoms with E-state index in [1.807, 2.05) is 10.6 Å². The Hall–Kier alpha value is -10.1. The molecule has 0 aliphatic heterocycles. The number of ketones is 7. The Bertz CT molecular complexity index is 3660. The van der Waals surface area contributed by atoms with E-state index in [0.717, 1.165) is 0 Å². The zero-order valence-electron chi connectivity index (χ0n) is 63.3. The number of imide groups is 2. The van der Waals surface area contributed by atoms with Crippen LogP contribution in [0.25, 0.3) is 0 Å². The number of rotatable bonds is 61. The van der Waals surface area contributed by atoms with Crippen LogP contribution in [0, 0.1) is 0 Å². The number of hydrogen-bond donors (Lipinski definition) is 27. The predicted octanol–water partition coefficient (Wildman–Crippen LogP) is -9.35. The molecule has 0 saturated carbocycles. The van der Waals surface area contributed by atoms with Crippen molar-refractivity contribution in [2.24, 2.45) is 34.4 Å². The van der Waals surface area contributed by atoms with Gasteiger partial charge in [-0.05, 0) is 58.2 Å². The zero-order valence-corrected chi connectivity index (χ0v) is 66.0. The number of carbonyl (C=O) groups is 18. The van der Waals surface area contributed by atoms with Crippen LogP contribution in [0.4, 0.5) is 14.4 Å². The normalized spacial score (nSPS) is 13.4. The predicted molar refractivity (Wildman–Crippen MR) is 421 cm³/mol. The van der Waals surface area contributed by atoms with Crippen molar-refractivity contribution in [1.82, 2.24) is 115 Å². The minimum Gasteiger partial charge on any atom is -0.354 e. The first-order chi connectivity index (χ1) is 54.9. The number of imidazole rings is 3. The maximum absolute atomic E-state index is 13.8. The van der Waals surface area contributed by atoms with Crippen molar-refractivity contribution in [1.29, 1.82) is 0 Å². The number of unbranched alkanes of at least 4 members (excludes halogenated alkanes) is 3. The van der Waals surface area contributed by atoms with E-state index in [4.69, 9.17) is 34.4 Å². The monoisotopic (exact) mass is 1680 g/mol. The molecule has 3 aromatic rings. The number of urea groups is 3. The summed E-state index contributed by atoms with van der Waals surface area (Å²) in [4.78, 5) is 257. The number of carbonyl (C=O) groups excluding carboxylic acids is 18. The summed E-state index contributed by atoms with van der Waals surface area (Å²) < 4.78 is 0. The summed E-state index contributed by atoms with van der Waals surface area (Å²) in [6, 6.07) is -14.3. The fourth-order valence-electron chi connectivity index (χ4n) is 10.3. The van der Waals surface area contributed by atoms with Gasteiger partial charge in [-0.3, -0.25) is 104 Å². The molecule has 0 aromatic carbocycles. The van der Waals surface area contributed by atoms with Gasteiger partial charge in [0.1, 0.15) is 18.1 Å². The Morgan fingerprint density at radius 3 is 1.14 bits per heavy atom. The van der Waals surface area contributed by atoms with Crippen LogP contribution in [0.15, 0.2) is 37.6 Å². The van der Waals surface area contributed by atoms with Gasteiger partial charge in [-0.25, -0.2) is 45.6 Å². The lowest BCUT2D eigenvalue weighted by molar-refractivity contribution is -0.140. The number of H-pyrrole nitrogens is 3. The van der Waals surface area contributed by atoms with Gasteiger partial charge in [-0.1, -0.05) is 19.3 Å². The highest BCUT2D eigenvalue weighted by Crippen LogP contribution is 2.09. The molecule has 46 nitrogen and oxygen atoms in total. The van der Waals surface area contributed by atoms with Crippen molar-refractivity contribution in [2.45, 2.75) is 164 Å². The molecule has 0 aliphatic rings. The molecule has 3 rings (SSSR count). The first-order valence-electron chi connectivity index (χ1n) is 36.7. The second-order valence-corrected chi connectivity index (χ2v) is 27.1. The van der Waals surface area contributed by atoms with Crippen molar-refractivity contribution in [2.75, 3.05) is 82.7 Å². The van der Waals surface area contributed by atoms with Crippen LogP contribution in [0.1, 0.15) is 107 Å². The van der Waals surface area contributed by atoms with Gasteiger partial charge < -0.3 is 86.6 Å². The number of Topliss-reactive ketones (excluding diaryl/α,β-unsaturated/α-hetero) is 7. The molecule has 0 unspecified atom stereocenters. The number of nitrogens with two attached hydrogens (primary N) is 6. The maximum atomic E-state index is 13.8. The van der Waals surface area contributed by atoms with Crippen LogP contribution >= 0.6 is 37.9 Å². The molecule has 3 heterocycles. The summed E-state index contributed by atoms with van der Waals surface area (Å²) >= 11 is 12.3.